The fourth-order valence-corrected chi connectivity index (χ4v) is 2.71. The second kappa shape index (κ2) is 6.31. The van der Waals surface area contributed by atoms with Crippen molar-refractivity contribution < 1.29 is 9.84 Å². The Hall–Kier alpha value is -0.670. The van der Waals surface area contributed by atoms with E-state index < -0.39 is 0 Å². The highest BCUT2D eigenvalue weighted by molar-refractivity contribution is 7.99. The van der Waals surface area contributed by atoms with Crippen molar-refractivity contribution in [2.24, 2.45) is 0 Å². The summed E-state index contributed by atoms with van der Waals surface area (Å²) in [6.45, 7) is 2.92. The molecule has 1 N–H and O–H groups in total. The first kappa shape index (κ1) is 12.8. The molecule has 1 aromatic rings. The topological polar surface area (TPSA) is 29.5 Å². The summed E-state index contributed by atoms with van der Waals surface area (Å²) < 4.78 is 5.71. The van der Waals surface area contributed by atoms with E-state index in [0.717, 1.165) is 48.7 Å². The lowest BCUT2D eigenvalue weighted by Crippen LogP contribution is -2.09. The minimum Gasteiger partial charge on any atom is -0.493 e. The molecule has 1 unspecified atom stereocenters. The molecule has 0 aromatic heterocycles. The largest absolute Gasteiger partial charge is 0.493 e. The van der Waals surface area contributed by atoms with E-state index >= 15 is 0 Å². The Balaban J connectivity index is 1.96. The maximum atomic E-state index is 9.85. The Kier molecular flexibility index (Phi) is 4.75. The number of ether oxygens (including phenoxy) is 1. The van der Waals surface area contributed by atoms with Gasteiger partial charge in [-0.1, -0.05) is 13.0 Å². The van der Waals surface area contributed by atoms with Crippen LogP contribution in [0.25, 0.3) is 0 Å². The van der Waals surface area contributed by atoms with Gasteiger partial charge in [0.15, 0.2) is 0 Å². The maximum Gasteiger partial charge on any atom is 0.119 e. The van der Waals surface area contributed by atoms with Gasteiger partial charge >= 0.3 is 0 Å². The molecule has 1 aromatic carbocycles. The number of aryl methyl sites for hydroxylation is 1. The van der Waals surface area contributed by atoms with Crippen molar-refractivity contribution in [3.8, 4) is 5.75 Å². The van der Waals surface area contributed by atoms with Gasteiger partial charge in [0, 0.05) is 5.75 Å². The van der Waals surface area contributed by atoms with Crippen LogP contribution in [0.5, 0.6) is 5.75 Å². The predicted molar refractivity (Wildman–Crippen MR) is 72.8 cm³/mol. The highest BCUT2D eigenvalue weighted by Gasteiger charge is 2.17. The van der Waals surface area contributed by atoms with Crippen molar-refractivity contribution in [3.05, 3.63) is 29.3 Å². The molecule has 1 aliphatic rings. The summed E-state index contributed by atoms with van der Waals surface area (Å²) in [6, 6.07) is 6.08. The maximum absolute atomic E-state index is 9.85. The quantitative estimate of drug-likeness (QED) is 0.816. The van der Waals surface area contributed by atoms with Crippen molar-refractivity contribution in [1.82, 2.24) is 0 Å². The van der Waals surface area contributed by atoms with Crippen LogP contribution in [-0.4, -0.2) is 23.2 Å². The lowest BCUT2D eigenvalue weighted by Gasteiger charge is -2.21. The number of aliphatic hydroxyl groups excluding tert-OH is 1. The first-order valence-corrected chi connectivity index (χ1v) is 7.48. The molecule has 0 spiro atoms. The Morgan fingerprint density at radius 1 is 1.47 bits per heavy atom. The average molecular weight is 252 g/mol. The molecule has 0 radical (unpaired) electrons. The highest BCUT2D eigenvalue weighted by atomic mass is 32.2. The number of thioether (sulfide) groups is 1. The van der Waals surface area contributed by atoms with Crippen LogP contribution in [0, 0.1) is 0 Å². The smallest absolute Gasteiger partial charge is 0.119 e. The van der Waals surface area contributed by atoms with Crippen molar-refractivity contribution in [1.29, 1.82) is 0 Å². The van der Waals surface area contributed by atoms with Crippen LogP contribution >= 0.6 is 11.8 Å². The van der Waals surface area contributed by atoms with Gasteiger partial charge in [-0.05, 0) is 48.3 Å². The summed E-state index contributed by atoms with van der Waals surface area (Å²) in [4.78, 5) is 0. The fourth-order valence-electron chi connectivity index (χ4n) is 2.22. The zero-order valence-corrected chi connectivity index (χ0v) is 11.1. The lowest BCUT2D eigenvalue weighted by atomic mass is 9.89. The monoisotopic (exact) mass is 252 g/mol. The number of hydrogen-bond acceptors (Lipinski definition) is 3. The molecule has 17 heavy (non-hydrogen) atoms. The third kappa shape index (κ3) is 3.39. The van der Waals surface area contributed by atoms with Crippen LogP contribution in [0.3, 0.4) is 0 Å². The minimum absolute atomic E-state index is 0.275. The standard InChI is InChI=1S/C14H20O2S/c1-2-17-9-8-16-12-6-7-13-11(10-12)4-3-5-14(13)15/h6-7,10,14-15H,2-5,8-9H2,1H3. The van der Waals surface area contributed by atoms with Gasteiger partial charge in [-0.25, -0.2) is 0 Å². The Morgan fingerprint density at radius 2 is 2.35 bits per heavy atom. The van der Waals surface area contributed by atoms with Crippen LogP contribution in [0.15, 0.2) is 18.2 Å². The molecule has 2 rings (SSSR count). The molecule has 0 saturated carbocycles. The third-order valence-electron chi connectivity index (χ3n) is 3.10. The lowest BCUT2D eigenvalue weighted by molar-refractivity contribution is 0.156. The molecule has 3 heteroatoms. The van der Waals surface area contributed by atoms with E-state index in [1.165, 1.54) is 5.56 Å². The fraction of sp³-hybridized carbons (Fsp3) is 0.571. The first-order valence-electron chi connectivity index (χ1n) is 6.32. The highest BCUT2D eigenvalue weighted by Crippen LogP contribution is 2.31. The molecule has 0 fully saturated rings. The van der Waals surface area contributed by atoms with Crippen molar-refractivity contribution in [2.45, 2.75) is 32.3 Å². The van der Waals surface area contributed by atoms with Crippen LogP contribution in [-0.2, 0) is 6.42 Å². The Morgan fingerprint density at radius 3 is 3.18 bits per heavy atom. The molecular weight excluding hydrogens is 232 g/mol. The average Bonchev–Trinajstić information content (AvgIpc) is 2.35. The molecule has 1 atom stereocenters. The van der Waals surface area contributed by atoms with Crippen molar-refractivity contribution >= 4 is 11.8 Å². The normalized spacial score (nSPS) is 18.8. The zero-order valence-electron chi connectivity index (χ0n) is 10.3. The summed E-state index contributed by atoms with van der Waals surface area (Å²) in [5.74, 6) is 3.12. The molecular formula is C14H20O2S. The number of hydrogen-bond donors (Lipinski definition) is 1. The van der Waals surface area contributed by atoms with E-state index in [-0.39, 0.29) is 6.10 Å². The van der Waals surface area contributed by atoms with Crippen molar-refractivity contribution in [2.75, 3.05) is 18.1 Å². The molecule has 0 heterocycles. The van der Waals surface area contributed by atoms with Crippen molar-refractivity contribution in [3.63, 3.8) is 0 Å². The number of fused-ring (bicyclic) bond motifs is 1. The Labute approximate surface area is 107 Å². The van der Waals surface area contributed by atoms with E-state index in [9.17, 15) is 5.11 Å². The van der Waals surface area contributed by atoms with Gasteiger partial charge < -0.3 is 9.84 Å². The molecule has 0 aliphatic heterocycles. The van der Waals surface area contributed by atoms with Gasteiger partial charge in [-0.2, -0.15) is 11.8 Å². The first-order chi connectivity index (χ1) is 8.31. The molecule has 0 bridgehead atoms. The summed E-state index contributed by atoms with van der Waals surface area (Å²) in [5.41, 5.74) is 2.34. The van der Waals surface area contributed by atoms with E-state index in [2.05, 4.69) is 13.0 Å². The van der Waals surface area contributed by atoms with Gasteiger partial charge in [0.1, 0.15) is 5.75 Å². The number of benzene rings is 1. The van der Waals surface area contributed by atoms with Gasteiger partial charge in [0.25, 0.3) is 0 Å². The van der Waals surface area contributed by atoms with E-state index in [0.29, 0.717) is 0 Å². The molecule has 1 aliphatic carbocycles. The number of rotatable bonds is 5. The predicted octanol–water partition coefficient (Wildman–Crippen LogP) is 3.19. The second-order valence-electron chi connectivity index (χ2n) is 4.31. The van der Waals surface area contributed by atoms with Crippen LogP contribution in [0.4, 0.5) is 0 Å². The van der Waals surface area contributed by atoms with E-state index in [1.54, 1.807) is 0 Å². The zero-order chi connectivity index (χ0) is 12.1. The second-order valence-corrected chi connectivity index (χ2v) is 5.71. The summed E-state index contributed by atoms with van der Waals surface area (Å²) >= 11 is 1.89. The SMILES string of the molecule is CCSCCOc1ccc2c(c1)CCCC2O. The summed E-state index contributed by atoms with van der Waals surface area (Å²) in [7, 11) is 0. The van der Waals surface area contributed by atoms with Gasteiger partial charge in [0.05, 0.1) is 12.7 Å². The summed E-state index contributed by atoms with van der Waals surface area (Å²) in [6.07, 6.45) is 2.75. The van der Waals surface area contributed by atoms with Crippen LogP contribution in [0.2, 0.25) is 0 Å². The van der Waals surface area contributed by atoms with Crippen LogP contribution in [0.1, 0.15) is 37.0 Å². The van der Waals surface area contributed by atoms with Crippen LogP contribution < -0.4 is 4.74 Å². The molecule has 2 nitrogen and oxygen atoms in total. The van der Waals surface area contributed by atoms with E-state index in [4.69, 9.17) is 4.74 Å². The number of aliphatic hydroxyl groups is 1. The van der Waals surface area contributed by atoms with Gasteiger partial charge in [-0.3, -0.25) is 0 Å². The van der Waals surface area contributed by atoms with Gasteiger partial charge in [-0.15, -0.1) is 0 Å². The third-order valence-corrected chi connectivity index (χ3v) is 3.96. The molecule has 0 saturated heterocycles. The molecule has 94 valence electrons. The van der Waals surface area contributed by atoms with Gasteiger partial charge in [0.2, 0.25) is 0 Å². The Bertz CT molecular complexity index is 365. The molecule has 0 amide bonds. The van der Waals surface area contributed by atoms with E-state index in [1.807, 2.05) is 23.9 Å². The minimum atomic E-state index is -0.275. The summed E-state index contributed by atoms with van der Waals surface area (Å²) in [5, 5.41) is 9.85.